The van der Waals surface area contributed by atoms with Crippen molar-refractivity contribution >= 4 is 28.5 Å². The van der Waals surface area contributed by atoms with Crippen LogP contribution in [0.25, 0.3) is 22.2 Å². The van der Waals surface area contributed by atoms with E-state index in [1.807, 2.05) is 0 Å². The molecule has 0 atom stereocenters. The number of fused-ring (bicyclic) bond motifs is 2. The highest BCUT2D eigenvalue weighted by atomic mass is 19.1. The number of rotatable bonds is 6. The Hall–Kier alpha value is -4.66. The molecule has 9 heteroatoms. The van der Waals surface area contributed by atoms with Crippen LogP contribution in [-0.4, -0.2) is 37.4 Å². The molecule has 1 aliphatic rings. The molecule has 8 nitrogen and oxygen atoms in total. The number of halogens is 1. The molecule has 35 heavy (non-hydrogen) atoms. The van der Waals surface area contributed by atoms with Gasteiger partial charge in [0.2, 0.25) is 6.79 Å². The van der Waals surface area contributed by atoms with E-state index in [1.165, 1.54) is 19.2 Å². The van der Waals surface area contributed by atoms with Crippen LogP contribution in [0.5, 0.6) is 17.2 Å². The summed E-state index contributed by atoms with van der Waals surface area (Å²) in [6.07, 6.45) is 0. The first-order valence-electron chi connectivity index (χ1n) is 10.6. The summed E-state index contributed by atoms with van der Waals surface area (Å²) < 4.78 is 34.4. The number of pyridine rings is 1. The van der Waals surface area contributed by atoms with Crippen LogP contribution in [0.2, 0.25) is 0 Å². The monoisotopic (exact) mass is 474 g/mol. The molecule has 176 valence electrons. The standard InChI is InChI=1S/C26H19FN2O6/c1-32-25(30)13-33-23-12-21(15-2-5-17(27)6-3-15)29-20-8-7-18(11-19(20)23)28-26(31)16-4-9-22-24(10-16)35-14-34-22/h2-12H,13-14H2,1H3,(H,28,31). The van der Waals surface area contributed by atoms with Crippen molar-refractivity contribution in [3.63, 3.8) is 0 Å². The number of aromatic nitrogens is 1. The van der Waals surface area contributed by atoms with Crippen molar-refractivity contribution in [3.8, 4) is 28.5 Å². The maximum atomic E-state index is 13.4. The van der Waals surface area contributed by atoms with E-state index in [0.29, 0.717) is 50.7 Å². The predicted molar refractivity (Wildman–Crippen MR) is 125 cm³/mol. The molecule has 3 aromatic carbocycles. The number of nitrogens with zero attached hydrogens (tertiary/aromatic N) is 1. The first kappa shape index (κ1) is 22.1. The van der Waals surface area contributed by atoms with Crippen LogP contribution in [0.4, 0.5) is 10.1 Å². The van der Waals surface area contributed by atoms with E-state index in [9.17, 15) is 14.0 Å². The smallest absolute Gasteiger partial charge is 0.343 e. The first-order chi connectivity index (χ1) is 17.0. The molecule has 1 amide bonds. The number of anilines is 1. The molecule has 0 aliphatic carbocycles. The van der Waals surface area contributed by atoms with Gasteiger partial charge < -0.3 is 24.3 Å². The van der Waals surface area contributed by atoms with Gasteiger partial charge in [0.05, 0.1) is 18.3 Å². The fourth-order valence-electron chi connectivity index (χ4n) is 3.60. The molecule has 1 N–H and O–H groups in total. The van der Waals surface area contributed by atoms with E-state index in [2.05, 4.69) is 15.0 Å². The average molecular weight is 474 g/mol. The zero-order chi connectivity index (χ0) is 24.4. The Morgan fingerprint density at radius 3 is 2.60 bits per heavy atom. The van der Waals surface area contributed by atoms with Crippen molar-refractivity contribution in [2.24, 2.45) is 0 Å². The molecule has 0 saturated carbocycles. The number of hydrogen-bond donors (Lipinski definition) is 1. The van der Waals surface area contributed by atoms with Gasteiger partial charge in [0.1, 0.15) is 11.6 Å². The second kappa shape index (κ2) is 9.30. The quantitative estimate of drug-likeness (QED) is 0.409. The highest BCUT2D eigenvalue weighted by molar-refractivity contribution is 6.06. The Bertz CT molecular complexity index is 1440. The minimum atomic E-state index is -0.550. The average Bonchev–Trinajstić information content (AvgIpc) is 3.35. The number of amides is 1. The highest BCUT2D eigenvalue weighted by Crippen LogP contribution is 2.34. The van der Waals surface area contributed by atoms with Crippen LogP contribution in [0, 0.1) is 5.82 Å². The number of hydrogen-bond acceptors (Lipinski definition) is 7. The third-order valence-corrected chi connectivity index (χ3v) is 5.38. The summed E-state index contributed by atoms with van der Waals surface area (Å²) in [6.45, 7) is -0.196. The van der Waals surface area contributed by atoms with Crippen molar-refractivity contribution in [1.29, 1.82) is 0 Å². The predicted octanol–water partition coefficient (Wildman–Crippen LogP) is 4.57. The summed E-state index contributed by atoms with van der Waals surface area (Å²) in [5.41, 5.74) is 2.68. The van der Waals surface area contributed by atoms with Crippen molar-refractivity contribution in [3.05, 3.63) is 78.1 Å². The zero-order valence-corrected chi connectivity index (χ0v) is 18.5. The number of benzene rings is 3. The molecule has 0 saturated heterocycles. The summed E-state index contributed by atoms with van der Waals surface area (Å²) in [4.78, 5) is 29.1. The normalized spacial score (nSPS) is 11.8. The Balaban J connectivity index is 1.48. The number of nitrogens with one attached hydrogen (secondary N) is 1. The molecule has 1 aromatic heterocycles. The zero-order valence-electron chi connectivity index (χ0n) is 18.5. The molecular weight excluding hydrogens is 455 g/mol. The van der Waals surface area contributed by atoms with E-state index in [0.717, 1.165) is 0 Å². The van der Waals surface area contributed by atoms with Crippen LogP contribution in [0.1, 0.15) is 10.4 Å². The van der Waals surface area contributed by atoms with E-state index in [-0.39, 0.29) is 25.1 Å². The van der Waals surface area contributed by atoms with Gasteiger partial charge in [0.15, 0.2) is 18.1 Å². The minimum absolute atomic E-state index is 0.117. The molecule has 1 aliphatic heterocycles. The molecule has 2 heterocycles. The van der Waals surface area contributed by atoms with Crippen LogP contribution >= 0.6 is 0 Å². The summed E-state index contributed by atoms with van der Waals surface area (Å²) in [6, 6.07) is 17.6. The first-order valence-corrected chi connectivity index (χ1v) is 10.6. The Labute approximate surface area is 199 Å². The Morgan fingerprint density at radius 1 is 1.00 bits per heavy atom. The van der Waals surface area contributed by atoms with E-state index in [4.69, 9.17) is 14.2 Å². The lowest BCUT2D eigenvalue weighted by Gasteiger charge is -2.13. The van der Waals surface area contributed by atoms with Crippen LogP contribution in [-0.2, 0) is 9.53 Å². The summed E-state index contributed by atoms with van der Waals surface area (Å²) in [5, 5.41) is 3.42. The molecule has 0 radical (unpaired) electrons. The number of carbonyl (C=O) groups is 2. The lowest BCUT2D eigenvalue weighted by molar-refractivity contribution is -0.142. The van der Waals surface area contributed by atoms with Crippen molar-refractivity contribution in [2.75, 3.05) is 25.8 Å². The fraction of sp³-hybridized carbons (Fsp3) is 0.115. The summed E-state index contributed by atoms with van der Waals surface area (Å²) in [7, 11) is 1.27. The van der Waals surface area contributed by atoms with Gasteiger partial charge in [-0.25, -0.2) is 14.2 Å². The van der Waals surface area contributed by atoms with Crippen molar-refractivity contribution in [2.45, 2.75) is 0 Å². The maximum Gasteiger partial charge on any atom is 0.343 e. The van der Waals surface area contributed by atoms with Gasteiger partial charge in [0, 0.05) is 28.3 Å². The number of esters is 1. The number of methoxy groups -OCH3 is 1. The maximum absolute atomic E-state index is 13.4. The largest absolute Gasteiger partial charge is 0.481 e. The molecule has 5 rings (SSSR count). The lowest BCUT2D eigenvalue weighted by atomic mass is 10.1. The summed E-state index contributed by atoms with van der Waals surface area (Å²) in [5.74, 6) is 0.203. The van der Waals surface area contributed by atoms with Crippen molar-refractivity contribution < 1.29 is 32.9 Å². The van der Waals surface area contributed by atoms with Gasteiger partial charge in [-0.2, -0.15) is 0 Å². The molecule has 0 bridgehead atoms. The van der Waals surface area contributed by atoms with E-state index in [1.54, 1.807) is 54.6 Å². The van der Waals surface area contributed by atoms with Gasteiger partial charge >= 0.3 is 5.97 Å². The molecule has 0 fully saturated rings. The summed E-state index contributed by atoms with van der Waals surface area (Å²) >= 11 is 0. The van der Waals surface area contributed by atoms with Crippen LogP contribution in [0.3, 0.4) is 0 Å². The SMILES string of the molecule is COC(=O)COc1cc(-c2ccc(F)cc2)nc2ccc(NC(=O)c3ccc4c(c3)OCO4)cc12. The van der Waals surface area contributed by atoms with E-state index >= 15 is 0 Å². The molecular formula is C26H19FN2O6. The Kier molecular flexibility index (Phi) is 5.88. The second-order valence-electron chi connectivity index (χ2n) is 7.63. The van der Waals surface area contributed by atoms with E-state index < -0.39 is 5.97 Å². The van der Waals surface area contributed by atoms with Gasteiger partial charge in [-0.3, -0.25) is 4.79 Å². The Morgan fingerprint density at radius 2 is 1.80 bits per heavy atom. The third kappa shape index (κ3) is 4.70. The number of ether oxygens (including phenoxy) is 4. The van der Waals surface area contributed by atoms with Crippen LogP contribution in [0.15, 0.2) is 66.7 Å². The minimum Gasteiger partial charge on any atom is -0.481 e. The van der Waals surface area contributed by atoms with Crippen LogP contribution < -0.4 is 19.5 Å². The van der Waals surface area contributed by atoms with Gasteiger partial charge in [0.25, 0.3) is 5.91 Å². The third-order valence-electron chi connectivity index (χ3n) is 5.38. The van der Waals surface area contributed by atoms with Gasteiger partial charge in [-0.15, -0.1) is 0 Å². The van der Waals surface area contributed by atoms with Gasteiger partial charge in [-0.05, 0) is 60.7 Å². The molecule has 0 unspecified atom stereocenters. The topological polar surface area (TPSA) is 96.0 Å². The lowest BCUT2D eigenvalue weighted by Crippen LogP contribution is -2.13. The highest BCUT2D eigenvalue weighted by Gasteiger charge is 2.17. The molecule has 4 aromatic rings. The van der Waals surface area contributed by atoms with Crippen molar-refractivity contribution in [1.82, 2.24) is 4.98 Å². The number of carbonyl (C=O) groups excluding carboxylic acids is 2. The van der Waals surface area contributed by atoms with Gasteiger partial charge in [-0.1, -0.05) is 0 Å². The second-order valence-corrected chi connectivity index (χ2v) is 7.63. The fourth-order valence-corrected chi connectivity index (χ4v) is 3.60. The molecule has 0 spiro atoms.